The molecule has 1 fully saturated rings. The monoisotopic (exact) mass is 382 g/mol. The number of thioether (sulfide) groups is 1. The van der Waals surface area contributed by atoms with Crippen LogP contribution in [0.1, 0.15) is 45.6 Å². The lowest BCUT2D eigenvalue weighted by molar-refractivity contribution is -0.153. The van der Waals surface area contributed by atoms with Gasteiger partial charge in [0.05, 0.1) is 5.75 Å². The van der Waals surface area contributed by atoms with E-state index in [2.05, 4.69) is 51.1 Å². The van der Waals surface area contributed by atoms with Gasteiger partial charge >= 0.3 is 5.97 Å². The third-order valence-electron chi connectivity index (χ3n) is 5.88. The summed E-state index contributed by atoms with van der Waals surface area (Å²) in [4.78, 5) is 13.7. The van der Waals surface area contributed by atoms with E-state index in [1.165, 1.54) is 12.0 Å². The predicted octanol–water partition coefficient (Wildman–Crippen LogP) is 6.10. The van der Waals surface area contributed by atoms with E-state index in [9.17, 15) is 4.79 Å². The number of rotatable bonds is 6. The molecular formula is C24H30O2S. The molecule has 1 aliphatic carbocycles. The third-order valence-corrected chi connectivity index (χ3v) is 6.87. The Balaban J connectivity index is 1.68. The van der Waals surface area contributed by atoms with Gasteiger partial charge in [-0.3, -0.25) is 4.79 Å². The zero-order valence-electron chi connectivity index (χ0n) is 16.6. The lowest BCUT2D eigenvalue weighted by Crippen LogP contribution is -2.43. The van der Waals surface area contributed by atoms with Crippen LogP contribution in [-0.4, -0.2) is 17.8 Å². The van der Waals surface area contributed by atoms with Crippen LogP contribution in [0.5, 0.6) is 0 Å². The fraction of sp³-hybridized carbons (Fsp3) is 0.458. The van der Waals surface area contributed by atoms with E-state index in [1.54, 1.807) is 11.8 Å². The number of ether oxygens (including phenoxy) is 1. The first kappa shape index (κ1) is 20.0. The SMILES string of the molecule is C[C@@H]1CC[C@@H](C(C)(C)c2ccccc2)[C@H](OC(=O)CSc2ccccc2)C1. The van der Waals surface area contributed by atoms with Crippen LogP contribution in [0.4, 0.5) is 0 Å². The maximum absolute atomic E-state index is 12.6. The van der Waals surface area contributed by atoms with Gasteiger partial charge in [0.15, 0.2) is 0 Å². The minimum Gasteiger partial charge on any atom is -0.461 e. The Morgan fingerprint density at radius 3 is 2.33 bits per heavy atom. The molecule has 2 aromatic rings. The second kappa shape index (κ2) is 8.97. The maximum Gasteiger partial charge on any atom is 0.316 e. The summed E-state index contributed by atoms with van der Waals surface area (Å²) >= 11 is 1.55. The minimum absolute atomic E-state index is 0.00664. The van der Waals surface area contributed by atoms with E-state index in [0.29, 0.717) is 17.6 Å². The van der Waals surface area contributed by atoms with Crippen LogP contribution in [0.25, 0.3) is 0 Å². The van der Waals surface area contributed by atoms with E-state index in [4.69, 9.17) is 4.74 Å². The lowest BCUT2D eigenvalue weighted by atomic mass is 9.64. The summed E-state index contributed by atoms with van der Waals surface area (Å²) < 4.78 is 6.04. The van der Waals surface area contributed by atoms with E-state index in [1.807, 2.05) is 30.3 Å². The molecular weight excluding hydrogens is 352 g/mol. The molecule has 3 rings (SSSR count). The Morgan fingerprint density at radius 2 is 1.67 bits per heavy atom. The lowest BCUT2D eigenvalue weighted by Gasteiger charge is -2.44. The molecule has 144 valence electrons. The highest BCUT2D eigenvalue weighted by molar-refractivity contribution is 8.00. The first-order chi connectivity index (χ1) is 13.0. The van der Waals surface area contributed by atoms with Crippen LogP contribution >= 0.6 is 11.8 Å². The van der Waals surface area contributed by atoms with Gasteiger partial charge in [-0.1, -0.05) is 75.7 Å². The van der Waals surface area contributed by atoms with Crippen molar-refractivity contribution in [3.05, 3.63) is 66.2 Å². The molecule has 0 aliphatic heterocycles. The summed E-state index contributed by atoms with van der Waals surface area (Å²) in [5.74, 6) is 1.22. The van der Waals surface area contributed by atoms with Gasteiger partial charge < -0.3 is 4.74 Å². The third kappa shape index (κ3) is 5.16. The van der Waals surface area contributed by atoms with Gasteiger partial charge in [0, 0.05) is 10.8 Å². The van der Waals surface area contributed by atoms with Crippen molar-refractivity contribution in [1.82, 2.24) is 0 Å². The van der Waals surface area contributed by atoms with Gasteiger partial charge in [-0.15, -0.1) is 11.8 Å². The van der Waals surface area contributed by atoms with Gasteiger partial charge in [0.2, 0.25) is 0 Å². The van der Waals surface area contributed by atoms with Crippen LogP contribution in [-0.2, 0) is 14.9 Å². The number of hydrogen-bond acceptors (Lipinski definition) is 3. The van der Waals surface area contributed by atoms with Gasteiger partial charge in [-0.2, -0.15) is 0 Å². The Hall–Kier alpha value is -1.74. The minimum atomic E-state index is -0.100. The van der Waals surface area contributed by atoms with Gasteiger partial charge in [0.1, 0.15) is 6.10 Å². The fourth-order valence-corrected chi connectivity index (χ4v) is 4.93. The first-order valence-corrected chi connectivity index (χ1v) is 10.9. The molecule has 3 atom stereocenters. The van der Waals surface area contributed by atoms with Crippen molar-refractivity contribution in [2.75, 3.05) is 5.75 Å². The molecule has 0 radical (unpaired) electrons. The maximum atomic E-state index is 12.6. The standard InChI is InChI=1S/C24H30O2S/c1-18-14-15-21(24(2,3)19-10-6-4-7-11-19)22(16-18)26-23(25)17-27-20-12-8-5-9-13-20/h4-13,18,21-22H,14-17H2,1-3H3/t18-,21-,22-/m1/s1. The smallest absolute Gasteiger partial charge is 0.316 e. The molecule has 2 nitrogen and oxygen atoms in total. The summed E-state index contributed by atoms with van der Waals surface area (Å²) in [6.45, 7) is 6.86. The molecule has 1 aliphatic rings. The number of hydrogen-bond donors (Lipinski definition) is 0. The van der Waals surface area contributed by atoms with Gasteiger partial charge in [-0.05, 0) is 41.9 Å². The average molecular weight is 383 g/mol. The zero-order valence-corrected chi connectivity index (χ0v) is 17.4. The molecule has 0 bridgehead atoms. The van der Waals surface area contributed by atoms with Crippen molar-refractivity contribution in [3.63, 3.8) is 0 Å². The van der Waals surface area contributed by atoms with Crippen LogP contribution in [0.2, 0.25) is 0 Å². The Bertz CT molecular complexity index is 727. The Labute approximate surface area is 167 Å². The Kier molecular flexibility index (Phi) is 6.64. The van der Waals surface area contributed by atoms with Crippen LogP contribution in [0.3, 0.4) is 0 Å². The second-order valence-corrected chi connectivity index (χ2v) is 9.29. The second-order valence-electron chi connectivity index (χ2n) is 8.24. The summed E-state index contributed by atoms with van der Waals surface area (Å²) in [5, 5.41) is 0. The van der Waals surface area contributed by atoms with Crippen molar-refractivity contribution < 1.29 is 9.53 Å². The molecule has 0 amide bonds. The van der Waals surface area contributed by atoms with E-state index < -0.39 is 0 Å². The topological polar surface area (TPSA) is 26.3 Å². The van der Waals surface area contributed by atoms with Crippen molar-refractivity contribution in [2.24, 2.45) is 11.8 Å². The molecule has 2 aromatic carbocycles. The highest BCUT2D eigenvalue weighted by Gasteiger charge is 2.41. The first-order valence-electron chi connectivity index (χ1n) is 9.89. The molecule has 0 saturated heterocycles. The number of esters is 1. The average Bonchev–Trinajstić information content (AvgIpc) is 2.68. The summed E-state index contributed by atoms with van der Waals surface area (Å²) in [6, 6.07) is 20.7. The molecule has 0 heterocycles. The Morgan fingerprint density at radius 1 is 1.04 bits per heavy atom. The summed E-state index contributed by atoms with van der Waals surface area (Å²) in [5.41, 5.74) is 1.31. The zero-order chi connectivity index (χ0) is 19.3. The molecule has 0 unspecified atom stereocenters. The molecule has 1 saturated carbocycles. The predicted molar refractivity (Wildman–Crippen MR) is 113 cm³/mol. The quantitative estimate of drug-likeness (QED) is 0.446. The molecule has 0 N–H and O–H groups in total. The van der Waals surface area contributed by atoms with Crippen LogP contribution in [0, 0.1) is 11.8 Å². The largest absolute Gasteiger partial charge is 0.461 e. The normalized spacial score (nSPS) is 23.0. The number of carbonyl (C=O) groups excluding carboxylic acids is 1. The molecule has 0 aromatic heterocycles. The van der Waals surface area contributed by atoms with E-state index in [-0.39, 0.29) is 17.5 Å². The summed E-state index contributed by atoms with van der Waals surface area (Å²) in [7, 11) is 0. The van der Waals surface area contributed by atoms with Crippen molar-refractivity contribution >= 4 is 17.7 Å². The molecule has 3 heteroatoms. The molecule has 0 spiro atoms. The van der Waals surface area contributed by atoms with E-state index >= 15 is 0 Å². The highest BCUT2D eigenvalue weighted by Crippen LogP contribution is 2.43. The van der Waals surface area contributed by atoms with Crippen molar-refractivity contribution in [1.29, 1.82) is 0 Å². The van der Waals surface area contributed by atoms with Gasteiger partial charge in [0.25, 0.3) is 0 Å². The molecule has 27 heavy (non-hydrogen) atoms. The van der Waals surface area contributed by atoms with Crippen LogP contribution in [0.15, 0.2) is 65.6 Å². The fourth-order valence-electron chi connectivity index (χ4n) is 4.23. The van der Waals surface area contributed by atoms with Crippen molar-refractivity contribution in [3.8, 4) is 0 Å². The van der Waals surface area contributed by atoms with E-state index in [0.717, 1.165) is 17.7 Å². The highest BCUT2D eigenvalue weighted by atomic mass is 32.2. The number of carbonyl (C=O) groups is 1. The van der Waals surface area contributed by atoms with Crippen molar-refractivity contribution in [2.45, 2.75) is 56.4 Å². The summed E-state index contributed by atoms with van der Waals surface area (Å²) in [6.07, 6.45) is 3.26. The number of benzene rings is 2. The van der Waals surface area contributed by atoms with Gasteiger partial charge in [-0.25, -0.2) is 0 Å². The van der Waals surface area contributed by atoms with Crippen LogP contribution < -0.4 is 0 Å².